The molecule has 0 saturated carbocycles. The van der Waals surface area contributed by atoms with Crippen LogP contribution in [0.25, 0.3) is 22.2 Å². The predicted octanol–water partition coefficient (Wildman–Crippen LogP) is 4.19. The molecule has 9 nitrogen and oxygen atoms in total. The topological polar surface area (TPSA) is 131 Å². The fourth-order valence-electron chi connectivity index (χ4n) is 4.64. The number of carboxylic acid groups (broad SMARTS) is 1. The quantitative estimate of drug-likeness (QED) is 0.349. The molecule has 5 rings (SSSR count). The van der Waals surface area contributed by atoms with Gasteiger partial charge in [-0.15, -0.1) is 0 Å². The van der Waals surface area contributed by atoms with E-state index >= 15 is 4.39 Å². The molecule has 0 aliphatic carbocycles. The molecule has 1 aliphatic heterocycles. The molecule has 12 heteroatoms. The summed E-state index contributed by atoms with van der Waals surface area (Å²) >= 11 is 0. The Bertz CT molecular complexity index is 1520. The first-order chi connectivity index (χ1) is 17.5. The molecule has 2 aromatic heterocycles. The molecule has 2 atom stereocenters. The molecule has 1 unspecified atom stereocenters. The molecule has 0 saturated heterocycles. The Morgan fingerprint density at radius 1 is 1.22 bits per heavy atom. The molecule has 2 aromatic carbocycles. The third-order valence-corrected chi connectivity index (χ3v) is 6.22. The van der Waals surface area contributed by atoms with Gasteiger partial charge in [0.05, 0.1) is 22.6 Å². The standard InChI is InChI=1S/C25H21F3N4O5/c1-25(2,36)23-29-9-11(10-30-23)13-6-16-15(7-14(13)26)31-21-18(33)8-17(32(16)21)20-12(22(34)35)4-3-5-19(20)37-24(27)28/h3-7,9-10,17-18,24,33,36H,8H2,1-2H3,(H,34,35)/t17-,18?/m1/s1. The number of aromatic nitrogens is 4. The maximum Gasteiger partial charge on any atom is 0.387 e. The minimum atomic E-state index is -3.21. The second kappa shape index (κ2) is 8.82. The molecule has 37 heavy (non-hydrogen) atoms. The van der Waals surface area contributed by atoms with E-state index in [2.05, 4.69) is 19.7 Å². The van der Waals surface area contributed by atoms with E-state index in [9.17, 15) is 28.9 Å². The number of hydrogen-bond donors (Lipinski definition) is 3. The molecule has 0 spiro atoms. The van der Waals surface area contributed by atoms with Crippen molar-refractivity contribution in [3.8, 4) is 16.9 Å². The van der Waals surface area contributed by atoms with Gasteiger partial charge in [0.15, 0.2) is 5.82 Å². The Kier molecular flexibility index (Phi) is 5.88. The molecule has 1 aliphatic rings. The highest BCUT2D eigenvalue weighted by Gasteiger charge is 2.38. The molecular weight excluding hydrogens is 493 g/mol. The number of imidazole rings is 1. The van der Waals surface area contributed by atoms with Crippen molar-refractivity contribution in [1.82, 2.24) is 19.5 Å². The minimum Gasteiger partial charge on any atom is -0.478 e. The van der Waals surface area contributed by atoms with E-state index in [1.54, 1.807) is 0 Å². The number of aliphatic hydroxyl groups excluding tert-OH is 1. The van der Waals surface area contributed by atoms with Gasteiger partial charge in [0.1, 0.15) is 29.1 Å². The maximum atomic E-state index is 15.1. The Hall–Kier alpha value is -4.03. The molecule has 3 N–H and O–H groups in total. The van der Waals surface area contributed by atoms with Crippen molar-refractivity contribution >= 4 is 17.0 Å². The molecule has 4 aromatic rings. The molecule has 0 fully saturated rings. The highest BCUT2D eigenvalue weighted by Crippen LogP contribution is 2.46. The average Bonchev–Trinajstić information content (AvgIpc) is 3.34. The van der Waals surface area contributed by atoms with Crippen LogP contribution in [0.2, 0.25) is 0 Å². The Morgan fingerprint density at radius 2 is 1.92 bits per heavy atom. The van der Waals surface area contributed by atoms with Crippen molar-refractivity contribution in [2.24, 2.45) is 0 Å². The van der Waals surface area contributed by atoms with Gasteiger partial charge >= 0.3 is 12.6 Å². The van der Waals surface area contributed by atoms with Gasteiger partial charge in [-0.05, 0) is 32.0 Å². The summed E-state index contributed by atoms with van der Waals surface area (Å²) in [4.78, 5) is 24.5. The number of halogens is 3. The van der Waals surface area contributed by atoms with E-state index < -0.39 is 36.1 Å². The van der Waals surface area contributed by atoms with Gasteiger partial charge in [0.2, 0.25) is 0 Å². The van der Waals surface area contributed by atoms with Gasteiger partial charge in [0.25, 0.3) is 0 Å². The van der Waals surface area contributed by atoms with Crippen LogP contribution in [0.3, 0.4) is 0 Å². The molecule has 3 heterocycles. The van der Waals surface area contributed by atoms with Crippen LogP contribution in [0.15, 0.2) is 42.7 Å². The van der Waals surface area contributed by atoms with E-state index in [1.165, 1.54) is 55.1 Å². The number of carbonyl (C=O) groups is 1. The van der Waals surface area contributed by atoms with Crippen LogP contribution in [0.5, 0.6) is 5.75 Å². The van der Waals surface area contributed by atoms with Crippen LogP contribution in [0.1, 0.15) is 60.0 Å². The highest BCUT2D eigenvalue weighted by atomic mass is 19.3. The van der Waals surface area contributed by atoms with Crippen LogP contribution in [-0.4, -0.2) is 47.4 Å². The third kappa shape index (κ3) is 4.27. The normalized spacial score (nSPS) is 17.4. The zero-order valence-electron chi connectivity index (χ0n) is 19.6. The van der Waals surface area contributed by atoms with E-state index in [1.807, 2.05) is 0 Å². The number of nitrogens with zero attached hydrogens (tertiary/aromatic N) is 4. The minimum absolute atomic E-state index is 0.0573. The van der Waals surface area contributed by atoms with Gasteiger partial charge in [-0.25, -0.2) is 24.1 Å². The second-order valence-electron chi connectivity index (χ2n) is 9.18. The lowest BCUT2D eigenvalue weighted by Gasteiger charge is -2.21. The SMILES string of the molecule is CC(C)(O)c1ncc(-c2cc3c(cc2F)nc2n3[C@@H](c3c(OC(F)F)cccc3C(=O)O)CC2O)cn1. The van der Waals surface area contributed by atoms with Gasteiger partial charge in [-0.3, -0.25) is 0 Å². The third-order valence-electron chi connectivity index (χ3n) is 6.22. The van der Waals surface area contributed by atoms with Crippen molar-refractivity contribution in [3.05, 3.63) is 71.3 Å². The smallest absolute Gasteiger partial charge is 0.387 e. The number of ether oxygens (including phenoxy) is 1. The Labute approximate surface area is 207 Å². The number of carboxylic acids is 1. The van der Waals surface area contributed by atoms with E-state index in [4.69, 9.17) is 0 Å². The van der Waals surface area contributed by atoms with Crippen molar-refractivity contribution < 1.29 is 38.0 Å². The van der Waals surface area contributed by atoms with Crippen LogP contribution in [0.4, 0.5) is 13.2 Å². The number of fused-ring (bicyclic) bond motifs is 3. The first-order valence-electron chi connectivity index (χ1n) is 11.2. The van der Waals surface area contributed by atoms with Crippen LogP contribution in [-0.2, 0) is 5.60 Å². The van der Waals surface area contributed by atoms with Crippen LogP contribution < -0.4 is 4.74 Å². The summed E-state index contributed by atoms with van der Waals surface area (Å²) in [5.41, 5.74) is -0.731. The van der Waals surface area contributed by atoms with Crippen molar-refractivity contribution in [3.63, 3.8) is 0 Å². The zero-order chi connectivity index (χ0) is 26.6. The van der Waals surface area contributed by atoms with Crippen LogP contribution >= 0.6 is 0 Å². The fourth-order valence-corrected chi connectivity index (χ4v) is 4.64. The number of rotatable bonds is 6. The monoisotopic (exact) mass is 514 g/mol. The Morgan fingerprint density at radius 3 is 2.54 bits per heavy atom. The summed E-state index contributed by atoms with van der Waals surface area (Å²) in [5, 5.41) is 30.6. The van der Waals surface area contributed by atoms with Crippen molar-refractivity contribution in [1.29, 1.82) is 0 Å². The second-order valence-corrected chi connectivity index (χ2v) is 9.18. The number of aliphatic hydroxyl groups is 2. The Balaban J connectivity index is 1.70. The van der Waals surface area contributed by atoms with Crippen LogP contribution in [0, 0.1) is 5.82 Å². The summed E-state index contributed by atoms with van der Waals surface area (Å²) in [5.74, 6) is -2.09. The van der Waals surface area contributed by atoms with Gasteiger partial charge in [-0.2, -0.15) is 8.78 Å². The summed E-state index contributed by atoms with van der Waals surface area (Å²) in [6, 6.07) is 5.43. The average molecular weight is 514 g/mol. The number of benzene rings is 2. The molecule has 192 valence electrons. The van der Waals surface area contributed by atoms with Crippen molar-refractivity contribution in [2.75, 3.05) is 0 Å². The van der Waals surface area contributed by atoms with Gasteiger partial charge in [0, 0.05) is 41.6 Å². The lowest BCUT2D eigenvalue weighted by atomic mass is 9.96. The van der Waals surface area contributed by atoms with Gasteiger partial charge in [-0.1, -0.05) is 6.07 Å². The number of hydrogen-bond acceptors (Lipinski definition) is 7. The fraction of sp³-hybridized carbons (Fsp3) is 0.280. The summed E-state index contributed by atoms with van der Waals surface area (Å²) < 4.78 is 47.6. The van der Waals surface area contributed by atoms with E-state index in [0.717, 1.165) is 6.07 Å². The van der Waals surface area contributed by atoms with Gasteiger partial charge < -0.3 is 24.6 Å². The first-order valence-corrected chi connectivity index (χ1v) is 11.2. The molecule has 0 amide bonds. The summed E-state index contributed by atoms with van der Waals surface area (Å²) in [6.45, 7) is -0.187. The van der Waals surface area contributed by atoms with E-state index in [-0.39, 0.29) is 46.0 Å². The largest absolute Gasteiger partial charge is 0.478 e. The molecular formula is C25H21F3N4O5. The summed E-state index contributed by atoms with van der Waals surface area (Å²) in [7, 11) is 0. The first kappa shape index (κ1) is 24.7. The molecule has 0 radical (unpaired) electrons. The predicted molar refractivity (Wildman–Crippen MR) is 124 cm³/mol. The zero-order valence-corrected chi connectivity index (χ0v) is 19.6. The molecule has 0 bridgehead atoms. The lowest BCUT2D eigenvalue weighted by molar-refractivity contribution is -0.0508. The lowest BCUT2D eigenvalue weighted by Crippen LogP contribution is -2.19. The summed E-state index contributed by atoms with van der Waals surface area (Å²) in [6.07, 6.45) is 1.48. The number of alkyl halides is 2. The van der Waals surface area contributed by atoms with Crippen molar-refractivity contribution in [2.45, 2.75) is 44.6 Å². The highest BCUT2D eigenvalue weighted by molar-refractivity contribution is 5.91. The number of aromatic carboxylic acids is 1. The van der Waals surface area contributed by atoms with E-state index in [0.29, 0.717) is 11.1 Å². The maximum absolute atomic E-state index is 15.1.